The molecule has 0 aliphatic carbocycles. The molecule has 0 spiro atoms. The molecule has 1 saturated heterocycles. The van der Waals surface area contributed by atoms with Gasteiger partial charge in [0, 0.05) is 19.2 Å². The van der Waals surface area contributed by atoms with Crippen LogP contribution in [0.5, 0.6) is 11.5 Å². The average Bonchev–Trinajstić information content (AvgIpc) is 2.70. The van der Waals surface area contributed by atoms with Gasteiger partial charge in [0.05, 0.1) is 6.20 Å². The SMILES string of the molecule is CC(CC(=O)NCc1ccc(Oc2cccnc2)c(F)c1)C1CCCNC1. The Kier molecular flexibility index (Phi) is 6.76. The van der Waals surface area contributed by atoms with Gasteiger partial charge in [-0.1, -0.05) is 13.0 Å². The van der Waals surface area contributed by atoms with Crippen molar-refractivity contribution < 1.29 is 13.9 Å². The third-order valence-corrected chi connectivity index (χ3v) is 5.00. The molecule has 2 heterocycles. The van der Waals surface area contributed by atoms with Gasteiger partial charge in [0.15, 0.2) is 11.6 Å². The van der Waals surface area contributed by atoms with E-state index in [-0.39, 0.29) is 11.7 Å². The topological polar surface area (TPSA) is 63.2 Å². The van der Waals surface area contributed by atoms with E-state index in [0.717, 1.165) is 13.1 Å². The fourth-order valence-electron chi connectivity index (χ4n) is 3.37. The van der Waals surface area contributed by atoms with Crippen LogP contribution in [0.3, 0.4) is 0 Å². The number of rotatable bonds is 7. The Hall–Kier alpha value is -2.47. The number of amides is 1. The summed E-state index contributed by atoms with van der Waals surface area (Å²) >= 11 is 0. The lowest BCUT2D eigenvalue weighted by Crippen LogP contribution is -2.35. The van der Waals surface area contributed by atoms with Gasteiger partial charge in [-0.3, -0.25) is 9.78 Å². The number of hydrogen-bond acceptors (Lipinski definition) is 4. The number of benzene rings is 1. The van der Waals surface area contributed by atoms with Crippen molar-refractivity contribution in [1.29, 1.82) is 0 Å². The summed E-state index contributed by atoms with van der Waals surface area (Å²) in [7, 11) is 0. The van der Waals surface area contributed by atoms with Crippen LogP contribution in [0.25, 0.3) is 0 Å². The Bertz CT molecular complexity index is 748. The number of pyridine rings is 1. The molecule has 1 fully saturated rings. The molecular formula is C21H26FN3O2. The van der Waals surface area contributed by atoms with Crippen LogP contribution in [0.15, 0.2) is 42.7 Å². The molecule has 0 bridgehead atoms. The smallest absolute Gasteiger partial charge is 0.220 e. The number of nitrogens with zero attached hydrogens (tertiary/aromatic N) is 1. The van der Waals surface area contributed by atoms with E-state index in [1.807, 2.05) is 0 Å². The second kappa shape index (κ2) is 9.46. The van der Waals surface area contributed by atoms with Crippen molar-refractivity contribution in [3.05, 3.63) is 54.1 Å². The van der Waals surface area contributed by atoms with E-state index >= 15 is 0 Å². The second-order valence-corrected chi connectivity index (χ2v) is 7.12. The largest absolute Gasteiger partial charge is 0.453 e. The average molecular weight is 371 g/mol. The summed E-state index contributed by atoms with van der Waals surface area (Å²) in [5, 5.41) is 6.28. The number of carbonyl (C=O) groups is 1. The van der Waals surface area contributed by atoms with Gasteiger partial charge in [-0.25, -0.2) is 4.39 Å². The number of hydrogen-bond donors (Lipinski definition) is 2. The molecule has 0 radical (unpaired) electrons. The lowest BCUT2D eigenvalue weighted by atomic mass is 9.85. The quantitative estimate of drug-likeness (QED) is 0.780. The summed E-state index contributed by atoms with van der Waals surface area (Å²) in [5.74, 6) is 1.03. The fraction of sp³-hybridized carbons (Fsp3) is 0.429. The lowest BCUT2D eigenvalue weighted by molar-refractivity contribution is -0.122. The minimum Gasteiger partial charge on any atom is -0.453 e. The molecule has 6 heteroatoms. The van der Waals surface area contributed by atoms with E-state index in [2.05, 4.69) is 22.5 Å². The summed E-state index contributed by atoms with van der Waals surface area (Å²) < 4.78 is 19.7. The first-order chi connectivity index (χ1) is 13.1. The Labute approximate surface area is 159 Å². The van der Waals surface area contributed by atoms with Crippen molar-refractivity contribution in [3.8, 4) is 11.5 Å². The van der Waals surface area contributed by atoms with E-state index in [1.165, 1.54) is 25.1 Å². The Morgan fingerprint density at radius 2 is 2.33 bits per heavy atom. The molecule has 2 atom stereocenters. The molecule has 1 aliphatic heterocycles. The van der Waals surface area contributed by atoms with Gasteiger partial charge < -0.3 is 15.4 Å². The van der Waals surface area contributed by atoms with E-state index in [4.69, 9.17) is 4.74 Å². The molecule has 1 aromatic heterocycles. The van der Waals surface area contributed by atoms with Gasteiger partial charge in [0.1, 0.15) is 5.75 Å². The number of ether oxygens (including phenoxy) is 1. The molecule has 1 amide bonds. The van der Waals surface area contributed by atoms with E-state index in [1.54, 1.807) is 30.5 Å². The summed E-state index contributed by atoms with van der Waals surface area (Å²) in [5.41, 5.74) is 0.700. The first kappa shape index (κ1) is 19.3. The van der Waals surface area contributed by atoms with Crippen LogP contribution >= 0.6 is 0 Å². The fourth-order valence-corrected chi connectivity index (χ4v) is 3.37. The van der Waals surface area contributed by atoms with Crippen LogP contribution in [0.1, 0.15) is 31.7 Å². The van der Waals surface area contributed by atoms with Crippen molar-refractivity contribution in [3.63, 3.8) is 0 Å². The number of aromatic nitrogens is 1. The molecule has 2 N–H and O–H groups in total. The van der Waals surface area contributed by atoms with E-state index in [0.29, 0.717) is 36.1 Å². The Balaban J connectivity index is 1.49. The van der Waals surface area contributed by atoms with Gasteiger partial charge in [0.25, 0.3) is 0 Å². The minimum atomic E-state index is -0.466. The maximum atomic E-state index is 14.2. The van der Waals surface area contributed by atoms with Crippen LogP contribution in [-0.4, -0.2) is 24.0 Å². The predicted octanol–water partition coefficient (Wildman–Crippen LogP) is 3.66. The van der Waals surface area contributed by atoms with Gasteiger partial charge in [0.2, 0.25) is 5.91 Å². The number of halogens is 1. The number of nitrogens with one attached hydrogen (secondary N) is 2. The standard InChI is InChI=1S/C21H26FN3O2/c1-15(17-4-2-8-23-13-17)10-21(26)25-12-16-6-7-20(19(22)11-16)27-18-5-3-9-24-14-18/h3,5-7,9,11,14-15,17,23H,2,4,8,10,12-13H2,1H3,(H,25,26). The molecular weight excluding hydrogens is 345 g/mol. The van der Waals surface area contributed by atoms with Gasteiger partial charge in [-0.2, -0.15) is 0 Å². The zero-order chi connectivity index (χ0) is 19.1. The van der Waals surface area contributed by atoms with Gasteiger partial charge in [-0.15, -0.1) is 0 Å². The maximum Gasteiger partial charge on any atom is 0.220 e. The summed E-state index contributed by atoms with van der Waals surface area (Å²) in [4.78, 5) is 16.1. The molecule has 0 saturated carbocycles. The highest BCUT2D eigenvalue weighted by Gasteiger charge is 2.21. The molecule has 2 unspecified atom stereocenters. The second-order valence-electron chi connectivity index (χ2n) is 7.12. The van der Waals surface area contributed by atoms with Gasteiger partial charge in [-0.05, 0) is 67.6 Å². The Morgan fingerprint density at radius 3 is 3.04 bits per heavy atom. The third kappa shape index (κ3) is 5.76. The highest BCUT2D eigenvalue weighted by molar-refractivity contribution is 5.76. The van der Waals surface area contributed by atoms with Crippen molar-refractivity contribution in [1.82, 2.24) is 15.6 Å². The van der Waals surface area contributed by atoms with Crippen LogP contribution in [0.4, 0.5) is 4.39 Å². The molecule has 144 valence electrons. The zero-order valence-corrected chi connectivity index (χ0v) is 15.6. The van der Waals surface area contributed by atoms with E-state index < -0.39 is 5.82 Å². The number of piperidine rings is 1. The number of carbonyl (C=O) groups excluding carboxylic acids is 1. The van der Waals surface area contributed by atoms with Gasteiger partial charge >= 0.3 is 0 Å². The normalized spacial score (nSPS) is 17.9. The van der Waals surface area contributed by atoms with Crippen molar-refractivity contribution >= 4 is 5.91 Å². The highest BCUT2D eigenvalue weighted by Crippen LogP contribution is 2.25. The minimum absolute atomic E-state index is 0.00386. The van der Waals surface area contributed by atoms with E-state index in [9.17, 15) is 9.18 Å². The van der Waals surface area contributed by atoms with Crippen molar-refractivity contribution in [2.45, 2.75) is 32.7 Å². The molecule has 3 rings (SSSR count). The zero-order valence-electron chi connectivity index (χ0n) is 15.6. The van der Waals surface area contributed by atoms with Crippen LogP contribution in [-0.2, 0) is 11.3 Å². The highest BCUT2D eigenvalue weighted by atomic mass is 19.1. The molecule has 27 heavy (non-hydrogen) atoms. The molecule has 2 aromatic rings. The summed E-state index contributed by atoms with van der Waals surface area (Å²) in [6, 6.07) is 8.15. The monoisotopic (exact) mass is 371 g/mol. The lowest BCUT2D eigenvalue weighted by Gasteiger charge is -2.28. The first-order valence-electron chi connectivity index (χ1n) is 9.45. The van der Waals surface area contributed by atoms with Crippen LogP contribution < -0.4 is 15.4 Å². The summed E-state index contributed by atoms with van der Waals surface area (Å²) in [6.07, 6.45) is 5.99. The summed E-state index contributed by atoms with van der Waals surface area (Å²) in [6.45, 7) is 4.49. The molecule has 1 aliphatic rings. The van der Waals surface area contributed by atoms with Crippen LogP contribution in [0.2, 0.25) is 0 Å². The predicted molar refractivity (Wildman–Crippen MR) is 102 cm³/mol. The third-order valence-electron chi connectivity index (χ3n) is 5.00. The molecule has 1 aromatic carbocycles. The van der Waals surface area contributed by atoms with Crippen molar-refractivity contribution in [2.75, 3.05) is 13.1 Å². The maximum absolute atomic E-state index is 14.2. The first-order valence-corrected chi connectivity index (χ1v) is 9.45. The van der Waals surface area contributed by atoms with Crippen LogP contribution in [0, 0.1) is 17.7 Å². The Morgan fingerprint density at radius 1 is 1.44 bits per heavy atom. The molecule has 5 nitrogen and oxygen atoms in total. The van der Waals surface area contributed by atoms with Crippen molar-refractivity contribution in [2.24, 2.45) is 11.8 Å².